The number of para-hydroxylation sites is 1. The van der Waals surface area contributed by atoms with Crippen molar-refractivity contribution < 1.29 is 14.3 Å². The number of benzene rings is 2. The molecule has 0 amide bonds. The van der Waals surface area contributed by atoms with Crippen molar-refractivity contribution in [1.29, 1.82) is 5.26 Å². The van der Waals surface area contributed by atoms with Crippen molar-refractivity contribution in [1.82, 2.24) is 4.57 Å². The SMILES string of the molecule is COCC(C)OC(=O)Cn1c2ccccc2c2cc(C#N)ccc21. The Morgan fingerprint density at radius 2 is 1.96 bits per heavy atom. The summed E-state index contributed by atoms with van der Waals surface area (Å²) in [7, 11) is 1.57. The summed E-state index contributed by atoms with van der Waals surface area (Å²) in [6.07, 6.45) is -0.291. The third-order valence-electron chi connectivity index (χ3n) is 3.92. The highest BCUT2D eigenvalue weighted by atomic mass is 16.6. The first kappa shape index (κ1) is 16.0. The maximum absolute atomic E-state index is 12.3. The van der Waals surface area contributed by atoms with Crippen LogP contribution in [0.2, 0.25) is 0 Å². The molecule has 3 rings (SSSR count). The Labute approximate surface area is 140 Å². The standard InChI is InChI=1S/C19H18N2O3/c1-13(12-23-2)24-19(22)11-21-17-6-4-3-5-15(17)16-9-14(10-20)7-8-18(16)21/h3-9,13H,11-12H2,1-2H3. The predicted molar refractivity (Wildman–Crippen MR) is 91.6 cm³/mol. The minimum absolute atomic E-state index is 0.115. The van der Waals surface area contributed by atoms with Gasteiger partial charge in [0.1, 0.15) is 12.6 Å². The maximum Gasteiger partial charge on any atom is 0.326 e. The fourth-order valence-corrected chi connectivity index (χ4v) is 2.95. The molecular formula is C19H18N2O3. The molecule has 1 aromatic heterocycles. The third kappa shape index (κ3) is 2.97. The lowest BCUT2D eigenvalue weighted by molar-refractivity contribution is -0.151. The van der Waals surface area contributed by atoms with Gasteiger partial charge in [-0.1, -0.05) is 18.2 Å². The number of aromatic nitrogens is 1. The Morgan fingerprint density at radius 1 is 1.21 bits per heavy atom. The summed E-state index contributed by atoms with van der Waals surface area (Å²) in [5, 5.41) is 11.1. The molecule has 0 saturated heterocycles. The lowest BCUT2D eigenvalue weighted by atomic mass is 10.1. The van der Waals surface area contributed by atoms with Gasteiger partial charge in [0, 0.05) is 28.9 Å². The highest BCUT2D eigenvalue weighted by molar-refractivity contribution is 6.08. The van der Waals surface area contributed by atoms with Crippen LogP contribution in [-0.2, 0) is 20.8 Å². The molecule has 3 aromatic rings. The average molecular weight is 322 g/mol. The zero-order valence-electron chi connectivity index (χ0n) is 13.7. The number of esters is 1. The highest BCUT2D eigenvalue weighted by Crippen LogP contribution is 2.29. The van der Waals surface area contributed by atoms with Crippen molar-refractivity contribution in [2.24, 2.45) is 0 Å². The van der Waals surface area contributed by atoms with Gasteiger partial charge >= 0.3 is 5.97 Å². The Morgan fingerprint density at radius 3 is 2.71 bits per heavy atom. The molecule has 1 heterocycles. The molecule has 0 bridgehead atoms. The zero-order chi connectivity index (χ0) is 17.1. The van der Waals surface area contributed by atoms with E-state index in [1.807, 2.05) is 41.0 Å². The number of nitrogens with zero attached hydrogens (tertiary/aromatic N) is 2. The number of carbonyl (C=O) groups is 1. The van der Waals surface area contributed by atoms with Crippen LogP contribution in [0.3, 0.4) is 0 Å². The van der Waals surface area contributed by atoms with E-state index in [2.05, 4.69) is 6.07 Å². The van der Waals surface area contributed by atoms with E-state index in [9.17, 15) is 4.79 Å². The van der Waals surface area contributed by atoms with Crippen LogP contribution in [0.1, 0.15) is 12.5 Å². The van der Waals surface area contributed by atoms with Gasteiger partial charge in [-0.2, -0.15) is 5.26 Å². The quantitative estimate of drug-likeness (QED) is 0.676. The second-order valence-electron chi connectivity index (χ2n) is 5.70. The van der Waals surface area contributed by atoms with E-state index in [4.69, 9.17) is 14.7 Å². The van der Waals surface area contributed by atoms with E-state index < -0.39 is 0 Å². The third-order valence-corrected chi connectivity index (χ3v) is 3.92. The summed E-state index contributed by atoms with van der Waals surface area (Å²) >= 11 is 0. The van der Waals surface area contributed by atoms with Gasteiger partial charge in [0.15, 0.2) is 0 Å². The normalized spacial score (nSPS) is 12.2. The Balaban J connectivity index is 2.03. The molecule has 0 spiro atoms. The van der Waals surface area contributed by atoms with Crippen LogP contribution >= 0.6 is 0 Å². The fraction of sp³-hybridized carbons (Fsp3) is 0.263. The van der Waals surface area contributed by atoms with Gasteiger partial charge in [-0.25, -0.2) is 0 Å². The van der Waals surface area contributed by atoms with Crippen LogP contribution in [0.4, 0.5) is 0 Å². The molecule has 0 aliphatic heterocycles. The number of methoxy groups -OCH3 is 1. The molecule has 2 aromatic carbocycles. The number of fused-ring (bicyclic) bond motifs is 3. The summed E-state index contributed by atoms with van der Waals surface area (Å²) in [5.41, 5.74) is 2.45. The summed E-state index contributed by atoms with van der Waals surface area (Å²) in [6.45, 7) is 2.28. The molecule has 1 atom stereocenters. The molecule has 5 nitrogen and oxygen atoms in total. The number of nitriles is 1. The molecule has 0 aliphatic rings. The van der Waals surface area contributed by atoms with Crippen molar-refractivity contribution >= 4 is 27.8 Å². The van der Waals surface area contributed by atoms with Gasteiger partial charge < -0.3 is 14.0 Å². The minimum atomic E-state index is -0.313. The molecule has 0 fully saturated rings. The first-order valence-corrected chi connectivity index (χ1v) is 7.73. The van der Waals surface area contributed by atoms with Crippen molar-refractivity contribution in [3.63, 3.8) is 0 Å². The van der Waals surface area contributed by atoms with E-state index in [1.165, 1.54) is 0 Å². The molecule has 0 saturated carbocycles. The number of hydrogen-bond donors (Lipinski definition) is 0. The summed E-state index contributed by atoms with van der Waals surface area (Å²) < 4.78 is 12.3. The van der Waals surface area contributed by atoms with Crippen LogP contribution in [0.5, 0.6) is 0 Å². The minimum Gasteiger partial charge on any atom is -0.459 e. The van der Waals surface area contributed by atoms with E-state index >= 15 is 0 Å². The van der Waals surface area contributed by atoms with Gasteiger partial charge in [-0.05, 0) is 31.2 Å². The van der Waals surface area contributed by atoms with Crippen molar-refractivity contribution in [2.45, 2.75) is 19.6 Å². The zero-order valence-corrected chi connectivity index (χ0v) is 13.7. The number of ether oxygens (including phenoxy) is 2. The smallest absolute Gasteiger partial charge is 0.326 e. The monoisotopic (exact) mass is 322 g/mol. The Bertz CT molecular complexity index is 937. The van der Waals surface area contributed by atoms with Gasteiger partial charge in [-0.15, -0.1) is 0 Å². The first-order chi connectivity index (χ1) is 11.6. The molecular weight excluding hydrogens is 304 g/mol. The summed E-state index contributed by atoms with van der Waals surface area (Å²) in [5.74, 6) is -0.313. The van der Waals surface area contributed by atoms with Gasteiger partial charge in [-0.3, -0.25) is 4.79 Å². The van der Waals surface area contributed by atoms with Crippen LogP contribution in [0, 0.1) is 11.3 Å². The lowest BCUT2D eigenvalue weighted by Crippen LogP contribution is -2.22. The molecule has 122 valence electrons. The number of carbonyl (C=O) groups excluding carboxylic acids is 1. The van der Waals surface area contributed by atoms with Gasteiger partial charge in [0.25, 0.3) is 0 Å². The summed E-state index contributed by atoms with van der Waals surface area (Å²) in [4.78, 5) is 12.3. The van der Waals surface area contributed by atoms with Crippen molar-refractivity contribution in [3.8, 4) is 6.07 Å². The molecule has 5 heteroatoms. The Hall–Kier alpha value is -2.84. The maximum atomic E-state index is 12.3. The lowest BCUT2D eigenvalue weighted by Gasteiger charge is -2.13. The molecule has 0 aliphatic carbocycles. The van der Waals surface area contributed by atoms with Crippen molar-refractivity contribution in [2.75, 3.05) is 13.7 Å². The fourth-order valence-electron chi connectivity index (χ4n) is 2.95. The summed E-state index contributed by atoms with van der Waals surface area (Å²) in [6, 6.07) is 15.5. The van der Waals surface area contributed by atoms with Crippen LogP contribution in [0.15, 0.2) is 42.5 Å². The average Bonchev–Trinajstić information content (AvgIpc) is 2.88. The van der Waals surface area contributed by atoms with Crippen molar-refractivity contribution in [3.05, 3.63) is 48.0 Å². The molecule has 0 radical (unpaired) electrons. The second-order valence-corrected chi connectivity index (χ2v) is 5.70. The highest BCUT2D eigenvalue weighted by Gasteiger charge is 2.15. The van der Waals surface area contributed by atoms with Crippen LogP contribution in [-0.4, -0.2) is 30.4 Å². The Kier molecular flexibility index (Phi) is 4.50. The van der Waals surface area contributed by atoms with Gasteiger partial charge in [0.05, 0.1) is 18.2 Å². The molecule has 1 unspecified atom stereocenters. The van der Waals surface area contributed by atoms with Crippen LogP contribution < -0.4 is 0 Å². The number of hydrogen-bond acceptors (Lipinski definition) is 4. The first-order valence-electron chi connectivity index (χ1n) is 7.73. The molecule has 0 N–H and O–H groups in total. The second kappa shape index (κ2) is 6.73. The van der Waals surface area contributed by atoms with E-state index in [-0.39, 0.29) is 18.6 Å². The van der Waals surface area contributed by atoms with Crippen LogP contribution in [0.25, 0.3) is 21.8 Å². The largest absolute Gasteiger partial charge is 0.459 e. The molecule has 24 heavy (non-hydrogen) atoms. The van der Waals surface area contributed by atoms with E-state index in [0.29, 0.717) is 12.2 Å². The van der Waals surface area contributed by atoms with E-state index in [1.54, 1.807) is 20.1 Å². The number of rotatable bonds is 5. The topological polar surface area (TPSA) is 64.2 Å². The predicted octanol–water partition coefficient (Wildman–Crippen LogP) is 3.24. The van der Waals surface area contributed by atoms with E-state index in [0.717, 1.165) is 21.8 Å². The van der Waals surface area contributed by atoms with Gasteiger partial charge in [0.2, 0.25) is 0 Å².